The van der Waals surface area contributed by atoms with Gasteiger partial charge in [-0.3, -0.25) is 0 Å². The van der Waals surface area contributed by atoms with Gasteiger partial charge >= 0.3 is 0 Å². The van der Waals surface area contributed by atoms with E-state index < -0.39 is 0 Å². The second kappa shape index (κ2) is 2.42. The van der Waals surface area contributed by atoms with E-state index in [1.54, 1.807) is 18.3 Å². The van der Waals surface area contributed by atoms with Crippen LogP contribution in [0, 0.1) is 11.3 Å². The Kier molecular flexibility index (Phi) is 1.41. The molecule has 0 aliphatic rings. The van der Waals surface area contributed by atoms with Gasteiger partial charge in [-0.1, -0.05) is 5.46 Å². The first kappa shape index (κ1) is 6.99. The molecule has 0 amide bonds. The summed E-state index contributed by atoms with van der Waals surface area (Å²) in [7, 11) is 5.66. The molecule has 0 bridgehead atoms. The zero-order chi connectivity index (χ0) is 8.55. The van der Waals surface area contributed by atoms with E-state index in [4.69, 9.17) is 13.1 Å². The monoisotopic (exact) mass is 152 g/mol. The Balaban J connectivity index is 2.82. The summed E-state index contributed by atoms with van der Waals surface area (Å²) in [5, 5.41) is 9.54. The molecule has 3 heteroatoms. The number of fused-ring (bicyclic) bond motifs is 1. The highest BCUT2D eigenvalue weighted by Gasteiger charge is 1.98. The number of aromatic amines is 1. The molecule has 1 aromatic heterocycles. The average molecular weight is 152 g/mol. The van der Waals surface area contributed by atoms with Crippen molar-refractivity contribution in [1.82, 2.24) is 4.98 Å². The summed E-state index contributed by atoms with van der Waals surface area (Å²) < 4.78 is 0. The van der Waals surface area contributed by atoms with Crippen LogP contribution in [-0.4, -0.2) is 12.8 Å². The maximum Gasteiger partial charge on any atom is 0.116 e. The number of nitrogens with one attached hydrogen (secondary N) is 1. The van der Waals surface area contributed by atoms with Crippen LogP contribution in [0.5, 0.6) is 0 Å². The highest BCUT2D eigenvalue weighted by atomic mass is 14.7. The smallest absolute Gasteiger partial charge is 0.116 e. The zero-order valence-corrected chi connectivity index (χ0v) is 6.33. The Morgan fingerprint density at radius 2 is 2.25 bits per heavy atom. The van der Waals surface area contributed by atoms with Gasteiger partial charge in [-0.25, -0.2) is 0 Å². The molecule has 0 saturated heterocycles. The van der Waals surface area contributed by atoms with Crippen LogP contribution in [0.25, 0.3) is 10.9 Å². The molecule has 0 spiro atoms. The summed E-state index contributed by atoms with van der Waals surface area (Å²) in [6.45, 7) is 0. The molecule has 2 radical (unpaired) electrons. The summed E-state index contributed by atoms with van der Waals surface area (Å²) >= 11 is 0. The Hall–Kier alpha value is -1.69. The third-order valence-corrected chi connectivity index (χ3v) is 1.84. The van der Waals surface area contributed by atoms with Gasteiger partial charge < -0.3 is 4.98 Å². The molecule has 0 saturated carbocycles. The van der Waals surface area contributed by atoms with Crippen molar-refractivity contribution in [3.8, 4) is 6.07 Å². The molecule has 0 atom stereocenters. The van der Waals surface area contributed by atoms with Crippen LogP contribution in [0.3, 0.4) is 0 Å². The lowest BCUT2D eigenvalue weighted by Gasteiger charge is -1.91. The van der Waals surface area contributed by atoms with Crippen LogP contribution in [0.2, 0.25) is 0 Å². The summed E-state index contributed by atoms with van der Waals surface area (Å²) in [5.41, 5.74) is 2.28. The van der Waals surface area contributed by atoms with E-state index in [1.807, 2.05) is 6.07 Å². The van der Waals surface area contributed by atoms with Crippen LogP contribution in [-0.2, 0) is 0 Å². The van der Waals surface area contributed by atoms with Crippen LogP contribution < -0.4 is 5.46 Å². The normalized spacial score (nSPS) is 9.92. The molecule has 54 valence electrons. The standard InChI is InChI=1S/C9H5BN2/c10-8-5-12-9-2-1-6(4-11)3-7(8)9/h1-3,5,12H. The quantitative estimate of drug-likeness (QED) is 0.558. The van der Waals surface area contributed by atoms with Gasteiger partial charge in [-0.2, -0.15) is 5.26 Å². The molecule has 0 fully saturated rings. The number of hydrogen-bond donors (Lipinski definition) is 1. The molecule has 1 N–H and O–H groups in total. The van der Waals surface area contributed by atoms with Gasteiger partial charge in [0.1, 0.15) is 7.85 Å². The van der Waals surface area contributed by atoms with Gasteiger partial charge in [0.2, 0.25) is 0 Å². The lowest BCUT2D eigenvalue weighted by atomic mass is 9.95. The number of H-pyrrole nitrogens is 1. The number of benzene rings is 1. The molecule has 1 aromatic carbocycles. The van der Waals surface area contributed by atoms with Crippen molar-refractivity contribution in [2.75, 3.05) is 0 Å². The topological polar surface area (TPSA) is 39.6 Å². The third kappa shape index (κ3) is 0.893. The van der Waals surface area contributed by atoms with E-state index in [-0.39, 0.29) is 0 Å². The number of hydrogen-bond acceptors (Lipinski definition) is 1. The Morgan fingerprint density at radius 1 is 1.42 bits per heavy atom. The number of nitrogens with zero attached hydrogens (tertiary/aromatic N) is 1. The Morgan fingerprint density at radius 3 is 3.00 bits per heavy atom. The largest absolute Gasteiger partial charge is 0.362 e. The highest BCUT2D eigenvalue weighted by Crippen LogP contribution is 2.10. The first-order valence-electron chi connectivity index (χ1n) is 3.58. The van der Waals surface area contributed by atoms with Crippen molar-refractivity contribution in [2.45, 2.75) is 0 Å². The maximum absolute atomic E-state index is 8.62. The van der Waals surface area contributed by atoms with Crippen LogP contribution >= 0.6 is 0 Å². The molecule has 1 heterocycles. The fourth-order valence-corrected chi connectivity index (χ4v) is 1.21. The average Bonchev–Trinajstić information content (AvgIpc) is 2.47. The van der Waals surface area contributed by atoms with Crippen LogP contribution in [0.1, 0.15) is 5.56 Å². The van der Waals surface area contributed by atoms with Gasteiger partial charge in [-0.05, 0) is 29.8 Å². The summed E-state index contributed by atoms with van der Waals surface area (Å²) in [5.74, 6) is 0. The summed E-state index contributed by atoms with van der Waals surface area (Å²) in [6.07, 6.45) is 1.73. The molecule has 2 aromatic rings. The van der Waals surface area contributed by atoms with Crippen molar-refractivity contribution in [2.24, 2.45) is 0 Å². The molecule has 0 aliphatic carbocycles. The van der Waals surface area contributed by atoms with E-state index in [2.05, 4.69) is 11.1 Å². The lowest BCUT2D eigenvalue weighted by molar-refractivity contribution is 1.47. The molecule has 0 aliphatic heterocycles. The second-order valence-electron chi connectivity index (χ2n) is 2.62. The molecule has 0 unspecified atom stereocenters. The van der Waals surface area contributed by atoms with Crippen molar-refractivity contribution >= 4 is 24.2 Å². The fraction of sp³-hybridized carbons (Fsp3) is 0. The van der Waals surface area contributed by atoms with Gasteiger partial charge in [0.15, 0.2) is 0 Å². The lowest BCUT2D eigenvalue weighted by Crippen LogP contribution is -1.96. The van der Waals surface area contributed by atoms with Crippen molar-refractivity contribution in [3.05, 3.63) is 30.0 Å². The predicted molar refractivity (Wildman–Crippen MR) is 48.4 cm³/mol. The minimum absolute atomic E-state index is 0.633. The van der Waals surface area contributed by atoms with E-state index in [0.29, 0.717) is 11.0 Å². The summed E-state index contributed by atoms with van der Waals surface area (Å²) in [4.78, 5) is 3.00. The van der Waals surface area contributed by atoms with E-state index in [0.717, 1.165) is 10.9 Å². The third-order valence-electron chi connectivity index (χ3n) is 1.84. The molecular weight excluding hydrogens is 147 g/mol. The Labute approximate surface area is 71.2 Å². The van der Waals surface area contributed by atoms with E-state index >= 15 is 0 Å². The number of rotatable bonds is 0. The maximum atomic E-state index is 8.62. The number of aromatic nitrogens is 1. The highest BCUT2D eigenvalue weighted by molar-refractivity contribution is 6.38. The Bertz CT molecular complexity index is 465. The number of nitriles is 1. The fourth-order valence-electron chi connectivity index (χ4n) is 1.21. The van der Waals surface area contributed by atoms with Crippen molar-refractivity contribution in [1.29, 1.82) is 5.26 Å². The van der Waals surface area contributed by atoms with Gasteiger partial charge in [-0.15, -0.1) is 0 Å². The van der Waals surface area contributed by atoms with Gasteiger partial charge in [0.05, 0.1) is 11.6 Å². The van der Waals surface area contributed by atoms with E-state index in [1.165, 1.54) is 0 Å². The zero-order valence-electron chi connectivity index (χ0n) is 6.33. The SMILES string of the molecule is [B]c1c[nH]c2ccc(C#N)cc12. The van der Waals surface area contributed by atoms with Crippen LogP contribution in [0.15, 0.2) is 24.4 Å². The minimum Gasteiger partial charge on any atom is -0.362 e. The molecular formula is C9H5BN2. The van der Waals surface area contributed by atoms with Gasteiger partial charge in [0.25, 0.3) is 0 Å². The first-order chi connectivity index (χ1) is 5.81. The van der Waals surface area contributed by atoms with E-state index in [9.17, 15) is 0 Å². The van der Waals surface area contributed by atoms with Crippen molar-refractivity contribution in [3.63, 3.8) is 0 Å². The first-order valence-corrected chi connectivity index (χ1v) is 3.58. The second-order valence-corrected chi connectivity index (χ2v) is 2.62. The van der Waals surface area contributed by atoms with Crippen LogP contribution in [0.4, 0.5) is 0 Å². The molecule has 12 heavy (non-hydrogen) atoms. The minimum atomic E-state index is 0.633. The van der Waals surface area contributed by atoms with Gasteiger partial charge in [0, 0.05) is 5.52 Å². The summed E-state index contributed by atoms with van der Waals surface area (Å²) in [6, 6.07) is 7.46. The molecule has 2 rings (SSSR count). The van der Waals surface area contributed by atoms with Crippen molar-refractivity contribution < 1.29 is 0 Å². The molecule has 2 nitrogen and oxygen atoms in total. The predicted octanol–water partition coefficient (Wildman–Crippen LogP) is 0.833.